The molecular weight excluding hydrogens is 212 g/mol. The van der Waals surface area contributed by atoms with E-state index in [1.54, 1.807) is 0 Å². The van der Waals surface area contributed by atoms with Crippen molar-refractivity contribution in [2.75, 3.05) is 32.7 Å². The van der Waals surface area contributed by atoms with Gasteiger partial charge < -0.3 is 4.90 Å². The van der Waals surface area contributed by atoms with E-state index in [1.165, 1.54) is 6.42 Å². The number of hydrogen-bond donors (Lipinski definition) is 0. The highest BCUT2D eigenvalue weighted by Gasteiger charge is 2.29. The Bertz CT molecular complexity index is 240. The van der Waals surface area contributed by atoms with Crippen LogP contribution in [-0.2, 0) is 4.79 Å². The Morgan fingerprint density at radius 3 is 2.53 bits per heavy atom. The van der Waals surface area contributed by atoms with Crippen LogP contribution < -0.4 is 0 Å². The van der Waals surface area contributed by atoms with Crippen molar-refractivity contribution in [3.05, 3.63) is 0 Å². The van der Waals surface area contributed by atoms with Gasteiger partial charge >= 0.3 is 0 Å². The average Bonchev–Trinajstić information content (AvgIpc) is 2.34. The topological polar surface area (TPSA) is 23.6 Å². The van der Waals surface area contributed by atoms with Crippen LogP contribution in [0.3, 0.4) is 0 Å². The first-order valence-electron chi connectivity index (χ1n) is 7.07. The van der Waals surface area contributed by atoms with Crippen molar-refractivity contribution in [3.63, 3.8) is 0 Å². The highest BCUT2D eigenvalue weighted by Crippen LogP contribution is 2.13. The smallest absolute Gasteiger partial charge is 0.151 e. The third-order valence-electron chi connectivity index (χ3n) is 3.72. The Labute approximate surface area is 106 Å². The van der Waals surface area contributed by atoms with Crippen LogP contribution in [0.25, 0.3) is 0 Å². The second kappa shape index (κ2) is 7.12. The summed E-state index contributed by atoms with van der Waals surface area (Å²) in [5.41, 5.74) is 0. The van der Waals surface area contributed by atoms with E-state index in [1.807, 2.05) is 6.92 Å². The number of nitrogens with zero attached hydrogens (tertiary/aromatic N) is 2. The fraction of sp³-hybridized carbons (Fsp3) is 0.929. The molecule has 100 valence electrons. The molecule has 17 heavy (non-hydrogen) atoms. The lowest BCUT2D eigenvalue weighted by molar-refractivity contribution is -0.126. The molecule has 0 unspecified atom stereocenters. The van der Waals surface area contributed by atoms with Crippen molar-refractivity contribution in [1.82, 2.24) is 9.80 Å². The molecular formula is C14H28N2O. The summed E-state index contributed by atoms with van der Waals surface area (Å²) < 4.78 is 0. The minimum Gasteiger partial charge on any atom is -0.300 e. The summed E-state index contributed by atoms with van der Waals surface area (Å²) in [4.78, 5) is 16.7. The van der Waals surface area contributed by atoms with Gasteiger partial charge in [-0.2, -0.15) is 0 Å². The van der Waals surface area contributed by atoms with Gasteiger partial charge in [-0.25, -0.2) is 0 Å². The number of Topliss-reactive ketones (excluding diaryl/α,β-unsaturated/α-hetero) is 1. The van der Waals surface area contributed by atoms with Crippen LogP contribution in [-0.4, -0.2) is 54.3 Å². The van der Waals surface area contributed by atoms with Gasteiger partial charge in [-0.1, -0.05) is 27.7 Å². The van der Waals surface area contributed by atoms with Gasteiger partial charge in [0, 0.05) is 26.1 Å². The van der Waals surface area contributed by atoms with E-state index in [2.05, 4.69) is 30.6 Å². The fourth-order valence-electron chi connectivity index (χ4n) is 2.44. The number of likely N-dealkylation sites (N-methyl/N-ethyl adjacent to an activating group) is 1. The van der Waals surface area contributed by atoms with E-state index >= 15 is 0 Å². The summed E-state index contributed by atoms with van der Waals surface area (Å²) in [5.74, 6) is 1.15. The van der Waals surface area contributed by atoms with Crippen LogP contribution in [0.2, 0.25) is 0 Å². The Morgan fingerprint density at radius 2 is 2.00 bits per heavy atom. The van der Waals surface area contributed by atoms with Crippen molar-refractivity contribution in [1.29, 1.82) is 0 Å². The van der Waals surface area contributed by atoms with Crippen LogP contribution in [0.1, 0.15) is 40.5 Å². The summed E-state index contributed by atoms with van der Waals surface area (Å²) in [6.45, 7) is 13.9. The number of piperazine rings is 1. The molecule has 3 heteroatoms. The number of hydrogen-bond acceptors (Lipinski definition) is 3. The zero-order valence-corrected chi connectivity index (χ0v) is 11.9. The molecule has 1 rings (SSSR count). The van der Waals surface area contributed by atoms with Crippen LogP contribution in [0, 0.1) is 5.92 Å². The van der Waals surface area contributed by atoms with E-state index in [0.717, 1.165) is 38.6 Å². The van der Waals surface area contributed by atoms with Crippen LogP contribution in [0.5, 0.6) is 0 Å². The normalized spacial score (nSPS) is 23.2. The standard InChI is InChI=1S/C14H28N2O/c1-5-14(17)13-11-15(8-7-12(3)4)9-10-16(13)6-2/h12-13H,5-11H2,1-4H3/t13-/m0/s1. The Morgan fingerprint density at radius 1 is 1.29 bits per heavy atom. The molecule has 1 aliphatic heterocycles. The number of rotatable bonds is 6. The highest BCUT2D eigenvalue weighted by atomic mass is 16.1. The van der Waals surface area contributed by atoms with Crippen LogP contribution in [0.15, 0.2) is 0 Å². The second-order valence-corrected chi connectivity index (χ2v) is 5.45. The van der Waals surface area contributed by atoms with Gasteiger partial charge in [-0.05, 0) is 25.4 Å². The summed E-state index contributed by atoms with van der Waals surface area (Å²) in [5, 5.41) is 0. The largest absolute Gasteiger partial charge is 0.300 e. The Hall–Kier alpha value is -0.410. The maximum absolute atomic E-state index is 12.0. The first-order chi connectivity index (χ1) is 8.08. The third kappa shape index (κ3) is 4.40. The van der Waals surface area contributed by atoms with Crippen LogP contribution >= 0.6 is 0 Å². The highest BCUT2D eigenvalue weighted by molar-refractivity contribution is 5.84. The summed E-state index contributed by atoms with van der Waals surface area (Å²) in [7, 11) is 0. The molecule has 0 N–H and O–H groups in total. The molecule has 0 aliphatic carbocycles. The lowest BCUT2D eigenvalue weighted by atomic mass is 10.0. The molecule has 0 saturated carbocycles. The Kier molecular flexibility index (Phi) is 6.14. The second-order valence-electron chi connectivity index (χ2n) is 5.45. The van der Waals surface area contributed by atoms with Gasteiger partial charge in [0.15, 0.2) is 5.78 Å². The summed E-state index contributed by atoms with van der Waals surface area (Å²) in [6.07, 6.45) is 1.90. The molecule has 0 radical (unpaired) electrons. The molecule has 0 aromatic carbocycles. The number of ketones is 1. The van der Waals surface area contributed by atoms with Gasteiger partial charge in [-0.15, -0.1) is 0 Å². The predicted octanol–water partition coefficient (Wildman–Crippen LogP) is 2.02. The van der Waals surface area contributed by atoms with E-state index in [0.29, 0.717) is 12.2 Å². The van der Waals surface area contributed by atoms with Gasteiger partial charge in [0.25, 0.3) is 0 Å². The molecule has 0 spiro atoms. The first-order valence-corrected chi connectivity index (χ1v) is 7.07. The Balaban J connectivity index is 2.50. The average molecular weight is 240 g/mol. The maximum atomic E-state index is 12.0. The minimum absolute atomic E-state index is 0.144. The lowest BCUT2D eigenvalue weighted by Crippen LogP contribution is -2.56. The summed E-state index contributed by atoms with van der Waals surface area (Å²) >= 11 is 0. The summed E-state index contributed by atoms with van der Waals surface area (Å²) in [6, 6.07) is 0.144. The molecule has 0 amide bonds. The molecule has 0 aromatic heterocycles. The van der Waals surface area contributed by atoms with Crippen molar-refractivity contribution in [2.24, 2.45) is 5.92 Å². The van der Waals surface area contributed by atoms with Gasteiger partial charge in [-0.3, -0.25) is 9.69 Å². The zero-order valence-electron chi connectivity index (χ0n) is 11.9. The monoisotopic (exact) mass is 240 g/mol. The van der Waals surface area contributed by atoms with Crippen LogP contribution in [0.4, 0.5) is 0 Å². The number of carbonyl (C=O) groups is 1. The van der Waals surface area contributed by atoms with E-state index in [4.69, 9.17) is 0 Å². The third-order valence-corrected chi connectivity index (χ3v) is 3.72. The molecule has 1 heterocycles. The molecule has 0 bridgehead atoms. The van der Waals surface area contributed by atoms with Crippen molar-refractivity contribution < 1.29 is 4.79 Å². The van der Waals surface area contributed by atoms with E-state index < -0.39 is 0 Å². The van der Waals surface area contributed by atoms with Gasteiger partial charge in [0.05, 0.1) is 6.04 Å². The molecule has 1 fully saturated rings. The molecule has 0 aromatic rings. The molecule has 1 saturated heterocycles. The minimum atomic E-state index is 0.144. The lowest BCUT2D eigenvalue weighted by Gasteiger charge is -2.40. The van der Waals surface area contributed by atoms with E-state index in [9.17, 15) is 4.79 Å². The molecule has 1 aliphatic rings. The van der Waals surface area contributed by atoms with Crippen molar-refractivity contribution >= 4 is 5.78 Å². The van der Waals surface area contributed by atoms with E-state index in [-0.39, 0.29) is 6.04 Å². The zero-order chi connectivity index (χ0) is 12.8. The quantitative estimate of drug-likeness (QED) is 0.709. The predicted molar refractivity (Wildman–Crippen MR) is 72.2 cm³/mol. The SMILES string of the molecule is CCC(=O)[C@@H]1CN(CCC(C)C)CCN1CC. The van der Waals surface area contributed by atoms with Gasteiger partial charge in [0.1, 0.15) is 0 Å². The van der Waals surface area contributed by atoms with Crippen molar-refractivity contribution in [3.8, 4) is 0 Å². The maximum Gasteiger partial charge on any atom is 0.151 e. The fourth-order valence-corrected chi connectivity index (χ4v) is 2.44. The molecule has 3 nitrogen and oxygen atoms in total. The first kappa shape index (κ1) is 14.7. The molecule has 1 atom stereocenters. The van der Waals surface area contributed by atoms with Gasteiger partial charge in [0.2, 0.25) is 0 Å². The van der Waals surface area contributed by atoms with Crippen molar-refractivity contribution in [2.45, 2.75) is 46.6 Å². The number of carbonyl (C=O) groups excluding carboxylic acids is 1.